The lowest BCUT2D eigenvalue weighted by Gasteiger charge is -1.80. The van der Waals surface area contributed by atoms with Crippen LogP contribution in [0.25, 0.3) is 0 Å². The highest BCUT2D eigenvalue weighted by Gasteiger charge is 1.38. The number of hydrogen-bond donors (Lipinski definition) is 0. The van der Waals surface area contributed by atoms with Gasteiger partial charge >= 0.3 is 0 Å². The number of hydrogen-bond acceptors (Lipinski definition) is 3. The molecule has 0 bridgehead atoms. The molecule has 0 unspecified atom stereocenters. The van der Waals surface area contributed by atoms with Crippen molar-refractivity contribution in [2.24, 2.45) is 0 Å². The molecule has 0 saturated carbocycles. The van der Waals surface area contributed by atoms with Gasteiger partial charge in [-0.05, 0) is 6.92 Å². The van der Waals surface area contributed by atoms with Gasteiger partial charge in [-0.15, -0.1) is 0 Å². The zero-order chi connectivity index (χ0) is 4.99. The van der Waals surface area contributed by atoms with E-state index in [-0.39, 0.29) is 7.63 Å². The van der Waals surface area contributed by atoms with Crippen LogP contribution in [0, 0.1) is 0 Å². The van der Waals surface area contributed by atoms with Gasteiger partial charge in [0, 0.05) is 0 Å². The Balaban J connectivity index is 3.62. The second-order valence-electron chi connectivity index (χ2n) is 0.581. The highest BCUT2D eigenvalue weighted by Crippen LogP contribution is 1.90. The highest BCUT2D eigenvalue weighted by atomic mass is 33.3. The first-order valence-corrected chi connectivity index (χ1v) is 6.00. The van der Waals surface area contributed by atoms with Crippen LogP contribution in [-0.4, -0.2) is 5.80 Å². The second kappa shape index (κ2) is 4.13. The van der Waals surface area contributed by atoms with Crippen molar-refractivity contribution in [1.29, 1.82) is 0 Å². The van der Waals surface area contributed by atoms with E-state index in [0.29, 0.717) is 0 Å². The van der Waals surface area contributed by atoms with Gasteiger partial charge in [0.25, 0.3) is 0 Å². The van der Waals surface area contributed by atoms with Crippen molar-refractivity contribution in [3.05, 3.63) is 0 Å². The minimum Gasteiger partial charge on any atom is -0.299 e. The largest absolute Gasteiger partial charge is 0.299 e. The summed E-state index contributed by atoms with van der Waals surface area (Å²) in [5, 5.41) is 0. The molecule has 0 N–H and O–H groups in total. The zero-order valence-electron chi connectivity index (χ0n) is 3.25. The van der Waals surface area contributed by atoms with E-state index < -0.39 is 0 Å². The smallest absolute Gasteiger partial charge is 0.0444 e. The van der Waals surface area contributed by atoms with Crippen molar-refractivity contribution < 1.29 is 0 Å². The minimum atomic E-state index is -0.232. The van der Waals surface area contributed by atoms with Crippen molar-refractivity contribution in [2.75, 3.05) is 0 Å². The molecule has 6 heavy (non-hydrogen) atoms. The standard InChI is InChI=1S/C2H4PS3/c1-2-3-6(4)5/h2H,1H3/q-1. The van der Waals surface area contributed by atoms with Crippen LogP contribution in [0.1, 0.15) is 6.92 Å². The maximum Gasteiger partial charge on any atom is -0.0444 e. The molecule has 0 aliphatic heterocycles. The fourth-order valence-electron chi connectivity index (χ4n) is 0.0861. The first-order chi connectivity index (χ1) is 2.77. The fraction of sp³-hybridized carbons (Fsp3) is 0.500. The van der Waals surface area contributed by atoms with Crippen molar-refractivity contribution in [3.63, 3.8) is 0 Å². The van der Waals surface area contributed by atoms with Crippen molar-refractivity contribution in [1.82, 2.24) is 0 Å². The minimum absolute atomic E-state index is 0.232. The van der Waals surface area contributed by atoms with Crippen LogP contribution >= 0.6 is 7.41 Å². The molecule has 0 heterocycles. The summed E-state index contributed by atoms with van der Waals surface area (Å²) in [6, 6.07) is 0. The Bertz CT molecular complexity index is 104. The summed E-state index contributed by atoms with van der Waals surface area (Å²) in [6.07, 6.45) is 0. The van der Waals surface area contributed by atoms with E-state index in [9.17, 15) is 0 Å². The van der Waals surface area contributed by atoms with Crippen LogP contribution < -0.4 is 0 Å². The SMILES string of the molecule is CC=P[S-](=S)=S. The molecule has 0 rings (SSSR count). The molecule has 0 aliphatic carbocycles. The topological polar surface area (TPSA) is 0 Å². The fourth-order valence-corrected chi connectivity index (χ4v) is 2.32. The third-order valence-corrected chi connectivity index (χ3v) is 3.27. The summed E-state index contributed by atoms with van der Waals surface area (Å²) in [6.45, 7) is 1.96. The summed E-state index contributed by atoms with van der Waals surface area (Å²) in [4.78, 5) is 0. The van der Waals surface area contributed by atoms with Crippen molar-refractivity contribution >= 4 is 43.2 Å². The van der Waals surface area contributed by atoms with Gasteiger partial charge in [-0.25, -0.2) is 7.41 Å². The summed E-state index contributed by atoms with van der Waals surface area (Å²) < 4.78 is 0. The predicted molar refractivity (Wildman–Crippen MR) is 40.8 cm³/mol. The van der Waals surface area contributed by atoms with Gasteiger partial charge < -0.3 is 0 Å². The van der Waals surface area contributed by atoms with Crippen LogP contribution in [0.4, 0.5) is 0 Å². The van der Waals surface area contributed by atoms with Crippen LogP contribution in [0.2, 0.25) is 0 Å². The van der Waals surface area contributed by atoms with Crippen molar-refractivity contribution in [3.8, 4) is 0 Å². The molecule has 0 aliphatic rings. The molecule has 0 spiro atoms. The first-order valence-electron chi connectivity index (χ1n) is 1.35. The molecule has 0 aromatic carbocycles. The van der Waals surface area contributed by atoms with E-state index in [4.69, 9.17) is 0 Å². The lowest BCUT2D eigenvalue weighted by molar-refractivity contribution is 2.14. The van der Waals surface area contributed by atoms with E-state index in [1.807, 2.05) is 12.7 Å². The molecular weight excluding hydrogens is 151 g/mol. The Morgan fingerprint density at radius 3 is 2.17 bits per heavy atom. The summed E-state index contributed by atoms with van der Waals surface area (Å²) in [5.74, 6) is 1.98. The monoisotopic (exact) mass is 155 g/mol. The lowest BCUT2D eigenvalue weighted by atomic mass is 11.0. The van der Waals surface area contributed by atoms with Gasteiger partial charge in [0.1, 0.15) is 0 Å². The second-order valence-corrected chi connectivity index (χ2v) is 7.59. The molecule has 0 atom stereocenters. The normalized spacial score (nSPS) is 11.0. The lowest BCUT2D eigenvalue weighted by Crippen LogP contribution is -1.44. The molecule has 0 amide bonds. The summed E-state index contributed by atoms with van der Waals surface area (Å²) in [7, 11) is 0.879. The molecule has 0 nitrogen and oxygen atoms in total. The van der Waals surface area contributed by atoms with Gasteiger partial charge in [-0.1, -0.05) is 5.80 Å². The maximum absolute atomic E-state index is 4.68. The third kappa shape index (κ3) is 4.96. The average Bonchev–Trinajstić information content (AvgIpc) is 1.35. The van der Waals surface area contributed by atoms with E-state index >= 15 is 0 Å². The molecule has 0 radical (unpaired) electrons. The zero-order valence-corrected chi connectivity index (χ0v) is 6.59. The molecule has 0 saturated heterocycles. The van der Waals surface area contributed by atoms with Gasteiger partial charge in [-0.3, -0.25) is 30.0 Å². The van der Waals surface area contributed by atoms with Crippen LogP contribution in [0.15, 0.2) is 0 Å². The molecule has 4 heteroatoms. The Hall–Kier alpha value is 0.960. The van der Waals surface area contributed by atoms with Crippen LogP contribution in [0.5, 0.6) is 0 Å². The van der Waals surface area contributed by atoms with E-state index in [2.05, 4.69) is 22.4 Å². The van der Waals surface area contributed by atoms with E-state index in [0.717, 1.165) is 7.41 Å². The Morgan fingerprint density at radius 2 is 2.17 bits per heavy atom. The Kier molecular flexibility index (Phi) is 4.79. The molecule has 36 valence electrons. The number of rotatable bonds is 1. The first kappa shape index (κ1) is 6.96. The van der Waals surface area contributed by atoms with E-state index in [1.165, 1.54) is 0 Å². The van der Waals surface area contributed by atoms with Gasteiger partial charge in [0.2, 0.25) is 0 Å². The van der Waals surface area contributed by atoms with Gasteiger partial charge in [0.05, 0.1) is 0 Å². The quantitative estimate of drug-likeness (QED) is 0.412. The summed E-state index contributed by atoms with van der Waals surface area (Å²) in [5.41, 5.74) is 0. The van der Waals surface area contributed by atoms with Crippen LogP contribution in [-0.2, 0) is 30.0 Å². The van der Waals surface area contributed by atoms with Gasteiger partial charge in [0.15, 0.2) is 0 Å². The van der Waals surface area contributed by atoms with Gasteiger partial charge in [-0.2, -0.15) is 0 Å². The van der Waals surface area contributed by atoms with Crippen molar-refractivity contribution in [2.45, 2.75) is 6.92 Å². The molecule has 0 fully saturated rings. The van der Waals surface area contributed by atoms with Crippen LogP contribution in [0.3, 0.4) is 0 Å². The maximum atomic E-state index is 4.68. The Morgan fingerprint density at radius 1 is 1.67 bits per heavy atom. The molecule has 0 aromatic rings. The average molecular weight is 155 g/mol. The highest BCUT2D eigenvalue weighted by molar-refractivity contribution is 8.71. The third-order valence-electron chi connectivity index (χ3n) is 0.191. The van der Waals surface area contributed by atoms with E-state index in [1.54, 1.807) is 0 Å². The summed E-state index contributed by atoms with van der Waals surface area (Å²) >= 11 is 9.35. The molecule has 0 aromatic heterocycles. The molecular formula is C2H4PS3-. The predicted octanol–water partition coefficient (Wildman–Crippen LogP) is 1.21. The Labute approximate surface area is 50.3 Å².